The van der Waals surface area contributed by atoms with E-state index in [1.807, 2.05) is 36.5 Å². The van der Waals surface area contributed by atoms with Crippen LogP contribution in [-0.4, -0.2) is 19.2 Å². The van der Waals surface area contributed by atoms with Crippen molar-refractivity contribution in [3.05, 3.63) is 88.0 Å². The molecule has 2 aromatic heterocycles. The molecular formula is C21H20N4OS. The van der Waals surface area contributed by atoms with Crippen LogP contribution in [0, 0.1) is 6.92 Å². The van der Waals surface area contributed by atoms with Gasteiger partial charge in [0.15, 0.2) is 5.16 Å². The lowest BCUT2D eigenvalue weighted by atomic mass is 10.0. The second-order valence-corrected chi connectivity index (χ2v) is 7.29. The highest BCUT2D eigenvalue weighted by Gasteiger charge is 2.14. The Hall–Kier alpha value is -2.86. The number of thioether (sulfide) groups is 1. The van der Waals surface area contributed by atoms with Gasteiger partial charge in [0.25, 0.3) is 0 Å². The van der Waals surface area contributed by atoms with Crippen LogP contribution in [0.15, 0.2) is 70.9 Å². The molecule has 0 bridgehead atoms. The number of fused-ring (bicyclic) bond motifs is 1. The third kappa shape index (κ3) is 3.28. The number of benzene rings is 2. The van der Waals surface area contributed by atoms with E-state index in [4.69, 9.17) is 0 Å². The Kier molecular flexibility index (Phi) is 4.81. The summed E-state index contributed by atoms with van der Waals surface area (Å²) in [6.07, 6.45) is 4.54. The van der Waals surface area contributed by atoms with Crippen molar-refractivity contribution in [3.63, 3.8) is 0 Å². The van der Waals surface area contributed by atoms with Gasteiger partial charge in [-0.3, -0.25) is 13.8 Å². The number of hydrogen-bond acceptors (Lipinski definition) is 4. The van der Waals surface area contributed by atoms with Crippen LogP contribution in [0.5, 0.6) is 0 Å². The second-order valence-electron chi connectivity index (χ2n) is 6.35. The molecular weight excluding hydrogens is 356 g/mol. The topological polar surface area (TPSA) is 52.2 Å². The molecule has 136 valence electrons. The Morgan fingerprint density at radius 3 is 2.59 bits per heavy atom. The van der Waals surface area contributed by atoms with E-state index >= 15 is 0 Å². The fourth-order valence-corrected chi connectivity index (χ4v) is 4.12. The average Bonchev–Trinajstić information content (AvgIpc) is 3.11. The zero-order valence-corrected chi connectivity index (χ0v) is 16.1. The maximum Gasteiger partial charge on any atom is 0.300 e. The zero-order chi connectivity index (χ0) is 18.8. The lowest BCUT2D eigenvalue weighted by Crippen LogP contribution is -2.21. The summed E-state index contributed by atoms with van der Waals surface area (Å²) in [5.41, 5.74) is 4.66. The molecule has 0 amide bonds. The molecule has 0 radical (unpaired) electrons. The molecule has 6 heteroatoms. The first-order valence-electron chi connectivity index (χ1n) is 8.91. The van der Waals surface area contributed by atoms with Gasteiger partial charge in [-0.15, -0.1) is 10.2 Å². The highest BCUT2D eigenvalue weighted by atomic mass is 32.2. The molecule has 5 nitrogen and oxygen atoms in total. The van der Waals surface area contributed by atoms with Crippen molar-refractivity contribution in [3.8, 4) is 5.69 Å². The fourth-order valence-electron chi connectivity index (χ4n) is 3.25. The van der Waals surface area contributed by atoms with E-state index in [2.05, 4.69) is 42.2 Å². The first kappa shape index (κ1) is 17.5. The van der Waals surface area contributed by atoms with Crippen LogP contribution in [0.3, 0.4) is 0 Å². The molecule has 0 aliphatic carbocycles. The molecule has 0 spiro atoms. The smallest absolute Gasteiger partial charge is 0.279 e. The van der Waals surface area contributed by atoms with E-state index in [0.29, 0.717) is 5.65 Å². The predicted molar refractivity (Wildman–Crippen MR) is 109 cm³/mol. The molecule has 4 rings (SSSR count). The minimum atomic E-state index is -0.156. The van der Waals surface area contributed by atoms with Crippen LogP contribution < -0.4 is 5.56 Å². The maximum atomic E-state index is 13.0. The molecule has 0 aliphatic heterocycles. The normalized spacial score (nSPS) is 11.2. The van der Waals surface area contributed by atoms with Crippen molar-refractivity contribution < 1.29 is 0 Å². The summed E-state index contributed by atoms with van der Waals surface area (Å²) in [4.78, 5) is 13.0. The molecule has 2 aromatic carbocycles. The molecule has 0 N–H and O–H groups in total. The quantitative estimate of drug-likeness (QED) is 0.493. The largest absolute Gasteiger partial charge is 0.300 e. The van der Waals surface area contributed by atoms with Crippen LogP contribution in [0.2, 0.25) is 0 Å². The molecule has 0 fully saturated rings. The first-order valence-corrected chi connectivity index (χ1v) is 9.89. The van der Waals surface area contributed by atoms with Gasteiger partial charge in [-0.1, -0.05) is 61.2 Å². The van der Waals surface area contributed by atoms with Crippen LogP contribution in [-0.2, 0) is 12.2 Å². The van der Waals surface area contributed by atoms with Gasteiger partial charge in [0, 0.05) is 18.1 Å². The summed E-state index contributed by atoms with van der Waals surface area (Å²) in [5.74, 6) is 0.780. The molecule has 0 atom stereocenters. The molecule has 0 aliphatic rings. The second kappa shape index (κ2) is 7.40. The Labute approximate surface area is 161 Å². The third-order valence-corrected chi connectivity index (χ3v) is 5.66. The molecule has 4 aromatic rings. The van der Waals surface area contributed by atoms with Crippen molar-refractivity contribution in [2.75, 3.05) is 0 Å². The van der Waals surface area contributed by atoms with Gasteiger partial charge in [0.05, 0.1) is 5.69 Å². The van der Waals surface area contributed by atoms with E-state index in [0.717, 1.165) is 23.0 Å². The van der Waals surface area contributed by atoms with Gasteiger partial charge in [0.1, 0.15) is 0 Å². The number of nitrogens with zero attached hydrogens (tertiary/aromatic N) is 4. The maximum absolute atomic E-state index is 13.0. The molecule has 0 saturated heterocycles. The average molecular weight is 376 g/mol. The van der Waals surface area contributed by atoms with Crippen LogP contribution in [0.4, 0.5) is 0 Å². The van der Waals surface area contributed by atoms with Gasteiger partial charge in [-0.05, 0) is 36.1 Å². The Balaban J connectivity index is 1.72. The molecule has 27 heavy (non-hydrogen) atoms. The first-order chi connectivity index (χ1) is 13.2. The molecule has 0 unspecified atom stereocenters. The highest BCUT2D eigenvalue weighted by molar-refractivity contribution is 7.98. The lowest BCUT2D eigenvalue weighted by molar-refractivity contribution is 0.884. The van der Waals surface area contributed by atoms with E-state index in [1.54, 1.807) is 26.9 Å². The fraction of sp³-hybridized carbons (Fsp3) is 0.190. The van der Waals surface area contributed by atoms with Crippen molar-refractivity contribution in [1.29, 1.82) is 0 Å². The molecule has 2 heterocycles. The van der Waals surface area contributed by atoms with E-state index in [1.165, 1.54) is 16.7 Å². The van der Waals surface area contributed by atoms with Gasteiger partial charge < -0.3 is 0 Å². The molecule has 0 saturated carbocycles. The minimum absolute atomic E-state index is 0.156. The summed E-state index contributed by atoms with van der Waals surface area (Å²) in [6.45, 7) is 4.17. The van der Waals surface area contributed by atoms with Gasteiger partial charge >= 0.3 is 5.56 Å². The summed E-state index contributed by atoms with van der Waals surface area (Å²) >= 11 is 1.57. The Morgan fingerprint density at radius 2 is 1.81 bits per heavy atom. The summed E-state index contributed by atoms with van der Waals surface area (Å²) in [5, 5.41) is 9.10. The third-order valence-electron chi connectivity index (χ3n) is 4.65. The van der Waals surface area contributed by atoms with Crippen molar-refractivity contribution >= 4 is 17.4 Å². The van der Waals surface area contributed by atoms with Gasteiger partial charge in [-0.2, -0.15) is 0 Å². The summed E-state index contributed by atoms with van der Waals surface area (Å²) < 4.78 is 3.44. The monoisotopic (exact) mass is 376 g/mol. The number of hydrogen-bond donors (Lipinski definition) is 0. The lowest BCUT2D eigenvalue weighted by Gasteiger charge is -2.13. The number of aryl methyl sites for hydroxylation is 1. The minimum Gasteiger partial charge on any atom is -0.279 e. The van der Waals surface area contributed by atoms with Gasteiger partial charge in [0.2, 0.25) is 5.65 Å². The highest BCUT2D eigenvalue weighted by Crippen LogP contribution is 2.22. The van der Waals surface area contributed by atoms with Crippen LogP contribution >= 0.6 is 11.8 Å². The SMILES string of the molecule is CCc1c(C)cccc1-n1ccn2c(SCc3ccccc3)nnc2c1=O. The Morgan fingerprint density at radius 1 is 1.00 bits per heavy atom. The summed E-state index contributed by atoms with van der Waals surface area (Å²) in [6, 6.07) is 16.2. The zero-order valence-electron chi connectivity index (χ0n) is 15.3. The number of aromatic nitrogens is 4. The van der Waals surface area contributed by atoms with Crippen molar-refractivity contribution in [1.82, 2.24) is 19.2 Å². The van der Waals surface area contributed by atoms with Crippen molar-refractivity contribution in [2.24, 2.45) is 0 Å². The predicted octanol–water partition coefficient (Wildman–Crippen LogP) is 4.04. The Bertz CT molecular complexity index is 1150. The standard InChI is InChI=1S/C21H20N4OS/c1-3-17-15(2)8-7-11-18(17)24-12-13-25-19(20(24)26)22-23-21(25)27-14-16-9-5-4-6-10-16/h4-13H,3,14H2,1-2H3. The van der Waals surface area contributed by atoms with Crippen LogP contribution in [0.25, 0.3) is 11.3 Å². The van der Waals surface area contributed by atoms with E-state index < -0.39 is 0 Å². The number of rotatable bonds is 5. The van der Waals surface area contributed by atoms with Gasteiger partial charge in [-0.25, -0.2) is 0 Å². The van der Waals surface area contributed by atoms with E-state index in [-0.39, 0.29) is 5.56 Å². The summed E-state index contributed by atoms with van der Waals surface area (Å²) in [7, 11) is 0. The van der Waals surface area contributed by atoms with E-state index in [9.17, 15) is 4.79 Å². The van der Waals surface area contributed by atoms with Crippen LogP contribution in [0.1, 0.15) is 23.6 Å². The van der Waals surface area contributed by atoms with Crippen molar-refractivity contribution in [2.45, 2.75) is 31.2 Å².